The van der Waals surface area contributed by atoms with E-state index in [4.69, 9.17) is 11.6 Å². The van der Waals surface area contributed by atoms with Crippen molar-refractivity contribution in [3.63, 3.8) is 0 Å². The van der Waals surface area contributed by atoms with Gasteiger partial charge in [-0.25, -0.2) is 8.42 Å². The predicted molar refractivity (Wildman–Crippen MR) is 74.8 cm³/mol. The number of halogens is 1. The van der Waals surface area contributed by atoms with E-state index >= 15 is 0 Å². The van der Waals surface area contributed by atoms with Gasteiger partial charge in [0.25, 0.3) is 0 Å². The number of aryl methyl sites for hydroxylation is 1. The topological polar surface area (TPSA) is 57.6 Å². The minimum atomic E-state index is -3.57. The SMILES string of the molecule is Cc1cc(Cl)ccc1S(=O)(=O)N1CCCC(C)(O)C1. The van der Waals surface area contributed by atoms with Crippen LogP contribution in [0.5, 0.6) is 0 Å². The molecule has 1 unspecified atom stereocenters. The lowest BCUT2D eigenvalue weighted by atomic mass is 9.97. The van der Waals surface area contributed by atoms with Crippen molar-refractivity contribution < 1.29 is 13.5 Å². The summed E-state index contributed by atoms with van der Waals surface area (Å²) in [6.07, 6.45) is 1.29. The first-order valence-corrected chi connectivity index (χ1v) is 8.03. The molecule has 0 aliphatic carbocycles. The Labute approximate surface area is 119 Å². The maximum absolute atomic E-state index is 12.6. The van der Waals surface area contributed by atoms with Crippen molar-refractivity contribution in [3.8, 4) is 0 Å². The van der Waals surface area contributed by atoms with Crippen LogP contribution in [0.3, 0.4) is 0 Å². The maximum atomic E-state index is 12.6. The van der Waals surface area contributed by atoms with Crippen LogP contribution in [-0.2, 0) is 10.0 Å². The Hall–Kier alpha value is -0.620. The molecule has 0 aromatic heterocycles. The lowest BCUT2D eigenvalue weighted by Crippen LogP contribution is -2.48. The van der Waals surface area contributed by atoms with E-state index in [1.54, 1.807) is 26.0 Å². The number of piperidine rings is 1. The van der Waals surface area contributed by atoms with Crippen LogP contribution in [0.4, 0.5) is 0 Å². The zero-order valence-corrected chi connectivity index (χ0v) is 12.6. The first kappa shape index (κ1) is 14.8. The monoisotopic (exact) mass is 303 g/mol. The van der Waals surface area contributed by atoms with E-state index in [-0.39, 0.29) is 11.4 Å². The molecule has 1 aromatic carbocycles. The van der Waals surface area contributed by atoms with Gasteiger partial charge in [-0.3, -0.25) is 0 Å². The second-order valence-electron chi connectivity index (χ2n) is 5.35. The van der Waals surface area contributed by atoms with Gasteiger partial charge in [-0.05, 0) is 50.5 Å². The highest BCUT2D eigenvalue weighted by Gasteiger charge is 2.36. The van der Waals surface area contributed by atoms with Gasteiger partial charge in [-0.15, -0.1) is 0 Å². The van der Waals surface area contributed by atoms with Crippen molar-refractivity contribution in [3.05, 3.63) is 28.8 Å². The Kier molecular flexibility index (Phi) is 3.93. The zero-order chi connectivity index (χ0) is 14.3. The van der Waals surface area contributed by atoms with E-state index in [0.717, 1.165) is 0 Å². The van der Waals surface area contributed by atoms with Crippen molar-refractivity contribution in [2.75, 3.05) is 13.1 Å². The lowest BCUT2D eigenvalue weighted by Gasteiger charge is -2.36. The highest BCUT2D eigenvalue weighted by Crippen LogP contribution is 2.28. The molecule has 1 aromatic rings. The number of hydrogen-bond acceptors (Lipinski definition) is 3. The lowest BCUT2D eigenvalue weighted by molar-refractivity contribution is 0.00939. The molecule has 1 aliphatic heterocycles. The second-order valence-corrected chi connectivity index (χ2v) is 7.69. The summed E-state index contributed by atoms with van der Waals surface area (Å²) in [7, 11) is -3.57. The summed E-state index contributed by atoms with van der Waals surface area (Å²) in [4.78, 5) is 0.259. The van der Waals surface area contributed by atoms with E-state index < -0.39 is 15.6 Å². The Bertz CT molecular complexity index is 584. The van der Waals surface area contributed by atoms with E-state index in [9.17, 15) is 13.5 Å². The summed E-state index contributed by atoms with van der Waals surface area (Å²) in [5.74, 6) is 0. The predicted octanol–water partition coefficient (Wildman–Crippen LogP) is 2.18. The molecule has 0 spiro atoms. The summed E-state index contributed by atoms with van der Waals surface area (Å²) in [6, 6.07) is 4.73. The third kappa shape index (κ3) is 3.11. The van der Waals surface area contributed by atoms with Gasteiger partial charge in [-0.2, -0.15) is 4.31 Å². The first-order chi connectivity index (χ1) is 8.72. The average Bonchev–Trinajstić information content (AvgIpc) is 2.27. The molecule has 0 bridgehead atoms. The standard InChI is InChI=1S/C13H18ClNO3S/c1-10-8-11(14)4-5-12(10)19(17,18)15-7-3-6-13(2,16)9-15/h4-5,8,16H,3,6-7,9H2,1-2H3. The van der Waals surface area contributed by atoms with Crippen molar-refractivity contribution in [1.82, 2.24) is 4.31 Å². The molecule has 0 saturated carbocycles. The Morgan fingerprint density at radius 2 is 2.11 bits per heavy atom. The summed E-state index contributed by atoms with van der Waals surface area (Å²) in [5, 5.41) is 10.6. The fourth-order valence-electron chi connectivity index (χ4n) is 2.42. The molecule has 6 heteroatoms. The van der Waals surface area contributed by atoms with Crippen LogP contribution in [0.25, 0.3) is 0 Å². The second kappa shape index (κ2) is 5.05. The molecular formula is C13H18ClNO3S. The molecule has 106 valence electrons. The minimum Gasteiger partial charge on any atom is -0.389 e. The minimum absolute atomic E-state index is 0.136. The van der Waals surface area contributed by atoms with Crippen LogP contribution < -0.4 is 0 Å². The molecule has 0 radical (unpaired) electrons. The van der Waals surface area contributed by atoms with Gasteiger partial charge >= 0.3 is 0 Å². The fraction of sp³-hybridized carbons (Fsp3) is 0.538. The van der Waals surface area contributed by atoms with Crippen molar-refractivity contribution in [1.29, 1.82) is 0 Å². The van der Waals surface area contributed by atoms with Gasteiger partial charge < -0.3 is 5.11 Å². The van der Waals surface area contributed by atoms with Gasteiger partial charge in [0.15, 0.2) is 0 Å². The highest BCUT2D eigenvalue weighted by molar-refractivity contribution is 7.89. The summed E-state index contributed by atoms with van der Waals surface area (Å²) in [6.45, 7) is 3.97. The number of hydrogen-bond donors (Lipinski definition) is 1. The molecule has 0 amide bonds. The number of benzene rings is 1. The van der Waals surface area contributed by atoms with Gasteiger partial charge in [0.2, 0.25) is 10.0 Å². The van der Waals surface area contributed by atoms with Gasteiger partial charge in [0.1, 0.15) is 0 Å². The van der Waals surface area contributed by atoms with Crippen molar-refractivity contribution >= 4 is 21.6 Å². The number of rotatable bonds is 2. The van der Waals surface area contributed by atoms with Crippen LogP contribution in [0.1, 0.15) is 25.3 Å². The quantitative estimate of drug-likeness (QED) is 0.911. The molecule has 1 aliphatic rings. The first-order valence-electron chi connectivity index (χ1n) is 6.21. The molecular weight excluding hydrogens is 286 g/mol. The van der Waals surface area contributed by atoms with E-state index in [2.05, 4.69) is 0 Å². The Morgan fingerprint density at radius 3 is 2.68 bits per heavy atom. The smallest absolute Gasteiger partial charge is 0.243 e. The summed E-state index contributed by atoms with van der Waals surface area (Å²) in [5.41, 5.74) is -0.330. The molecule has 19 heavy (non-hydrogen) atoms. The van der Waals surface area contributed by atoms with Gasteiger partial charge in [0, 0.05) is 18.1 Å². The Morgan fingerprint density at radius 1 is 1.42 bits per heavy atom. The molecule has 1 heterocycles. The van der Waals surface area contributed by atoms with E-state index in [1.165, 1.54) is 10.4 Å². The van der Waals surface area contributed by atoms with Crippen LogP contribution in [-0.4, -0.2) is 36.5 Å². The molecule has 1 atom stereocenters. The number of aliphatic hydroxyl groups is 1. The van der Waals surface area contributed by atoms with Crippen molar-refractivity contribution in [2.24, 2.45) is 0 Å². The average molecular weight is 304 g/mol. The summed E-state index contributed by atoms with van der Waals surface area (Å²) >= 11 is 5.85. The fourth-order valence-corrected chi connectivity index (χ4v) is 4.45. The Balaban J connectivity index is 2.37. The molecule has 2 rings (SSSR count). The zero-order valence-electron chi connectivity index (χ0n) is 11.1. The summed E-state index contributed by atoms with van der Waals surface area (Å²) < 4.78 is 26.5. The van der Waals surface area contributed by atoms with E-state index in [1.807, 2.05) is 0 Å². The van der Waals surface area contributed by atoms with Crippen LogP contribution >= 0.6 is 11.6 Å². The van der Waals surface area contributed by atoms with Crippen molar-refractivity contribution in [2.45, 2.75) is 37.2 Å². The van der Waals surface area contributed by atoms with Crippen LogP contribution in [0.2, 0.25) is 5.02 Å². The third-order valence-corrected chi connectivity index (χ3v) is 5.64. The van der Waals surface area contributed by atoms with Gasteiger partial charge in [-0.1, -0.05) is 11.6 Å². The number of nitrogens with zero attached hydrogens (tertiary/aromatic N) is 1. The van der Waals surface area contributed by atoms with Crippen LogP contribution in [0, 0.1) is 6.92 Å². The van der Waals surface area contributed by atoms with E-state index in [0.29, 0.717) is 30.0 Å². The normalized spacial score (nSPS) is 25.5. The molecule has 4 nitrogen and oxygen atoms in total. The molecule has 1 saturated heterocycles. The van der Waals surface area contributed by atoms with Gasteiger partial charge in [0.05, 0.1) is 10.5 Å². The molecule has 1 N–H and O–H groups in total. The number of sulfonamides is 1. The maximum Gasteiger partial charge on any atom is 0.243 e. The van der Waals surface area contributed by atoms with Crippen LogP contribution in [0.15, 0.2) is 23.1 Å². The molecule has 1 fully saturated rings. The third-order valence-electron chi connectivity index (χ3n) is 3.39. The largest absolute Gasteiger partial charge is 0.389 e. The highest BCUT2D eigenvalue weighted by atomic mass is 35.5. The number of β-amino-alcohol motifs (C(OH)–C–C–N with tert-alkyl or cyclic N) is 1.